The van der Waals surface area contributed by atoms with E-state index in [2.05, 4.69) is 4.74 Å². The maximum absolute atomic E-state index is 12.8. The third-order valence-corrected chi connectivity index (χ3v) is 7.10. The van der Waals surface area contributed by atoms with Crippen LogP contribution in [0.3, 0.4) is 0 Å². The lowest BCUT2D eigenvalue weighted by Gasteiger charge is -2.13. The van der Waals surface area contributed by atoms with Gasteiger partial charge in [-0.3, -0.25) is 19.2 Å². The van der Waals surface area contributed by atoms with E-state index in [9.17, 15) is 47.0 Å². The van der Waals surface area contributed by atoms with Crippen molar-refractivity contribution in [2.75, 3.05) is 7.11 Å². The average Bonchev–Trinajstić information content (AvgIpc) is 3.22. The summed E-state index contributed by atoms with van der Waals surface area (Å²) in [5.74, 6) is -2.89. The van der Waals surface area contributed by atoms with Gasteiger partial charge >= 0.3 is 12.1 Å². The summed E-state index contributed by atoms with van der Waals surface area (Å²) in [6.45, 7) is 0. The first kappa shape index (κ1) is 23.1. The smallest absolute Gasteiger partial charge is 0.416 e. The van der Waals surface area contributed by atoms with Crippen molar-refractivity contribution in [3.8, 4) is 11.5 Å². The molecule has 2 aromatic rings. The largest absolute Gasteiger partial charge is 0.465 e. The van der Waals surface area contributed by atoms with Gasteiger partial charge in [0, 0.05) is 0 Å². The number of alkyl halides is 3. The van der Waals surface area contributed by atoms with E-state index < -0.39 is 81.7 Å². The summed E-state index contributed by atoms with van der Waals surface area (Å²) in [5.41, 5.74) is -3.45. The van der Waals surface area contributed by atoms with E-state index >= 15 is 0 Å². The zero-order valence-electron chi connectivity index (χ0n) is 14.8. The standard InChI is InChI=1S/C15H8ClF3NO9P2/c1-28-14(21)8-9(20(22)23)12-13(31(12,26)27)10(11(8)30(24)25)29-7-3-2-5(4-6(7)16)15(17,18)19/h2-4H,1H3,(H,24,25)(H,26,27). The van der Waals surface area contributed by atoms with Crippen molar-refractivity contribution in [3.63, 3.8) is 0 Å². The Kier molecular flexibility index (Phi) is 5.62. The van der Waals surface area contributed by atoms with Crippen molar-refractivity contribution < 1.29 is 51.3 Å². The quantitative estimate of drug-likeness (QED) is 0.273. The number of ether oxygens (including phenoxy) is 2. The Labute approximate surface area is 175 Å². The predicted molar refractivity (Wildman–Crippen MR) is 99.5 cm³/mol. The first-order valence-corrected chi connectivity index (χ1v) is 11.0. The molecule has 0 amide bonds. The lowest BCUT2D eigenvalue weighted by atomic mass is 10.1. The number of hydrogen-bond donors (Lipinski definition) is 2. The van der Waals surface area contributed by atoms with Gasteiger partial charge in [-0.15, -0.1) is 0 Å². The number of carbonyl (C=O) groups excluding carboxylic acids is 1. The molecule has 0 aliphatic carbocycles. The maximum Gasteiger partial charge on any atom is 0.416 e. The van der Waals surface area contributed by atoms with Gasteiger partial charge in [-0.05, 0) is 18.2 Å². The number of halogens is 4. The molecule has 2 atom stereocenters. The fourth-order valence-electron chi connectivity index (χ4n) is 2.80. The summed E-state index contributed by atoms with van der Waals surface area (Å²) < 4.78 is 72.5. The van der Waals surface area contributed by atoms with Gasteiger partial charge in [-0.1, -0.05) is 11.6 Å². The Bertz CT molecular complexity index is 1230. The topological polar surface area (TPSA) is 153 Å². The van der Waals surface area contributed by atoms with Gasteiger partial charge in [-0.2, -0.15) is 13.2 Å². The Balaban J connectivity index is 2.30. The number of nitrogens with zero attached hydrogens (tertiary/aromatic N) is 1. The number of esters is 1. The van der Waals surface area contributed by atoms with Crippen LogP contribution in [0.4, 0.5) is 18.9 Å². The Hall–Kier alpha value is -2.56. The van der Waals surface area contributed by atoms with Gasteiger partial charge in [-0.25, -0.2) is 4.79 Å². The van der Waals surface area contributed by atoms with Crippen molar-refractivity contribution in [2.24, 2.45) is 0 Å². The lowest BCUT2D eigenvalue weighted by molar-refractivity contribution is -0.383. The zero-order chi connectivity index (χ0) is 23.5. The van der Waals surface area contributed by atoms with Crippen LogP contribution in [0, 0.1) is 10.1 Å². The number of nitro groups is 1. The molecule has 1 aliphatic rings. The van der Waals surface area contributed by atoms with E-state index in [0.29, 0.717) is 12.1 Å². The van der Waals surface area contributed by atoms with Crippen LogP contribution in [0.5, 0.6) is 11.5 Å². The summed E-state index contributed by atoms with van der Waals surface area (Å²) in [5, 5.41) is 8.24. The summed E-state index contributed by atoms with van der Waals surface area (Å²) >= 11 is 5.78. The molecule has 0 spiro atoms. The highest BCUT2D eigenvalue weighted by atomic mass is 35.5. The van der Waals surface area contributed by atoms with Crippen LogP contribution in [0.2, 0.25) is 5.02 Å². The molecular weight excluding hydrogens is 493 g/mol. The fraction of sp³-hybridized carbons (Fsp3) is 0.133. The number of nitro benzene ring substituents is 1. The first-order chi connectivity index (χ1) is 14.2. The second-order valence-electron chi connectivity index (χ2n) is 5.94. The summed E-state index contributed by atoms with van der Waals surface area (Å²) in [6.07, 6.45) is -4.75. The fourth-order valence-corrected chi connectivity index (χ4v) is 5.65. The molecule has 2 N–H and O–H groups in total. The molecular formula is C15H8ClF3NO9P2. The van der Waals surface area contributed by atoms with Crippen LogP contribution < -0.4 is 20.7 Å². The monoisotopic (exact) mass is 500 g/mol. The number of benzene rings is 2. The van der Waals surface area contributed by atoms with E-state index in [0.717, 1.165) is 13.2 Å². The van der Waals surface area contributed by atoms with Gasteiger partial charge in [0.2, 0.25) is 8.03 Å². The van der Waals surface area contributed by atoms with Gasteiger partial charge in [0.15, 0.2) is 11.3 Å². The van der Waals surface area contributed by atoms with Crippen LogP contribution >= 0.6 is 27.0 Å². The summed E-state index contributed by atoms with van der Waals surface area (Å²) in [6, 6.07) is 1.76. The van der Waals surface area contributed by atoms with Gasteiger partial charge in [0.1, 0.15) is 21.7 Å². The van der Waals surface area contributed by atoms with Gasteiger partial charge in [0.25, 0.3) is 13.1 Å². The van der Waals surface area contributed by atoms with Crippen molar-refractivity contribution in [1.82, 2.24) is 0 Å². The molecule has 165 valence electrons. The van der Waals surface area contributed by atoms with Gasteiger partial charge < -0.3 is 19.3 Å². The highest BCUT2D eigenvalue weighted by Crippen LogP contribution is 2.58. The number of hydrogen-bond acceptors (Lipinski definition) is 7. The molecule has 3 rings (SSSR count). The minimum Gasteiger partial charge on any atom is -0.465 e. The molecule has 0 saturated heterocycles. The second kappa shape index (κ2) is 7.54. The summed E-state index contributed by atoms with van der Waals surface area (Å²) in [4.78, 5) is 42.1. The third-order valence-electron chi connectivity index (χ3n) is 4.14. The van der Waals surface area contributed by atoms with E-state index in [1.807, 2.05) is 0 Å². The van der Waals surface area contributed by atoms with Crippen molar-refractivity contribution in [3.05, 3.63) is 44.5 Å². The lowest BCUT2D eigenvalue weighted by Crippen LogP contribution is -2.23. The van der Waals surface area contributed by atoms with Gasteiger partial charge in [0.05, 0.1) is 22.6 Å². The molecule has 0 fully saturated rings. The molecule has 2 aromatic carbocycles. The molecule has 2 unspecified atom stereocenters. The molecule has 1 radical (unpaired) electrons. The average molecular weight is 501 g/mol. The molecule has 16 heteroatoms. The molecule has 0 bridgehead atoms. The van der Waals surface area contributed by atoms with Crippen LogP contribution in [0.25, 0.3) is 0 Å². The maximum atomic E-state index is 12.8. The molecule has 10 nitrogen and oxygen atoms in total. The number of methoxy groups -OCH3 is 1. The first-order valence-electron chi connectivity index (χ1n) is 7.74. The Morgan fingerprint density at radius 2 is 1.94 bits per heavy atom. The molecule has 1 aliphatic heterocycles. The van der Waals surface area contributed by atoms with Crippen LogP contribution in [0.1, 0.15) is 15.9 Å². The minimum absolute atomic E-state index is 0.471. The highest BCUT2D eigenvalue weighted by Gasteiger charge is 2.59. The molecule has 0 aromatic heterocycles. The SMILES string of the molecule is COC(=O)c1c([N+](=O)[O-])c2c(c(Oc3ccc(C(F)(F)F)cc3Cl)c1[P](=O)O)P2(=O)O. The number of rotatable bonds is 5. The Morgan fingerprint density at radius 3 is 2.39 bits per heavy atom. The second-order valence-corrected chi connectivity index (χ2v) is 9.39. The molecule has 0 saturated carbocycles. The van der Waals surface area contributed by atoms with Crippen molar-refractivity contribution in [1.29, 1.82) is 0 Å². The number of fused-ring (bicyclic) bond motifs is 1. The van der Waals surface area contributed by atoms with Crippen molar-refractivity contribution >= 4 is 54.6 Å². The van der Waals surface area contributed by atoms with Crippen LogP contribution in [-0.4, -0.2) is 27.8 Å². The Morgan fingerprint density at radius 1 is 1.32 bits per heavy atom. The number of carbonyl (C=O) groups is 1. The third kappa shape index (κ3) is 3.79. The normalized spacial score (nSPS) is 17.6. The zero-order valence-corrected chi connectivity index (χ0v) is 17.4. The molecule has 1 heterocycles. The van der Waals surface area contributed by atoms with Crippen molar-refractivity contribution in [2.45, 2.75) is 6.18 Å². The summed E-state index contributed by atoms with van der Waals surface area (Å²) in [7, 11) is -7.39. The van der Waals surface area contributed by atoms with Crippen LogP contribution in [-0.2, 0) is 20.0 Å². The van der Waals surface area contributed by atoms with Crippen LogP contribution in [0.15, 0.2) is 18.2 Å². The molecule has 31 heavy (non-hydrogen) atoms. The predicted octanol–water partition coefficient (Wildman–Crippen LogP) is 2.74. The minimum atomic E-state index is -4.75. The van der Waals surface area contributed by atoms with E-state index in [1.165, 1.54) is 0 Å². The van der Waals surface area contributed by atoms with E-state index in [1.54, 1.807) is 0 Å². The van der Waals surface area contributed by atoms with E-state index in [-0.39, 0.29) is 0 Å². The highest BCUT2D eigenvalue weighted by molar-refractivity contribution is 7.85. The van der Waals surface area contributed by atoms with E-state index in [4.69, 9.17) is 16.3 Å².